The third-order valence-corrected chi connectivity index (χ3v) is 4.32. The lowest BCUT2D eigenvalue weighted by Gasteiger charge is -2.36. The molecule has 1 saturated heterocycles. The van der Waals surface area contributed by atoms with Crippen molar-refractivity contribution < 1.29 is 4.39 Å². The van der Waals surface area contributed by atoms with Crippen LogP contribution in [0, 0.1) is 11.7 Å². The molecule has 0 aromatic heterocycles. The first-order chi connectivity index (χ1) is 9.76. The Bertz CT molecular complexity index is 451. The molecular weight excluding hydrogens is 253 g/mol. The summed E-state index contributed by atoms with van der Waals surface area (Å²) in [5, 5.41) is 3.05. The number of hydrogen-bond donors (Lipinski definition) is 1. The molecule has 4 heteroatoms. The average molecular weight is 277 g/mol. The molecule has 2 aliphatic rings. The minimum absolute atomic E-state index is 0.0895. The smallest absolute Gasteiger partial charge is 0.146 e. The molecule has 0 unspecified atom stereocenters. The standard InChI is InChI=1S/C16H24FN3/c1-18-11-14-4-5-16(15(17)10-14)20-8-6-19(7-9-20)12-13-2-3-13/h4-5,10,13,18H,2-3,6-9,11-12H2,1H3. The second-order valence-corrected chi connectivity index (χ2v) is 6.05. The third kappa shape index (κ3) is 3.30. The van der Waals surface area contributed by atoms with E-state index in [4.69, 9.17) is 0 Å². The monoisotopic (exact) mass is 277 g/mol. The molecule has 0 atom stereocenters. The van der Waals surface area contributed by atoms with E-state index in [2.05, 4.69) is 15.1 Å². The van der Waals surface area contributed by atoms with Crippen LogP contribution >= 0.6 is 0 Å². The molecule has 1 saturated carbocycles. The molecule has 2 fully saturated rings. The summed E-state index contributed by atoms with van der Waals surface area (Å²) in [5.74, 6) is 0.854. The number of halogens is 1. The van der Waals surface area contributed by atoms with Gasteiger partial charge in [-0.2, -0.15) is 0 Å². The summed E-state index contributed by atoms with van der Waals surface area (Å²) in [6.07, 6.45) is 2.81. The lowest BCUT2D eigenvalue weighted by atomic mass is 10.1. The van der Waals surface area contributed by atoms with Crippen molar-refractivity contribution in [3.63, 3.8) is 0 Å². The third-order valence-electron chi connectivity index (χ3n) is 4.32. The van der Waals surface area contributed by atoms with Crippen molar-refractivity contribution in [2.24, 2.45) is 5.92 Å². The molecule has 1 aliphatic heterocycles. The molecule has 20 heavy (non-hydrogen) atoms. The number of anilines is 1. The fourth-order valence-electron chi connectivity index (χ4n) is 2.96. The largest absolute Gasteiger partial charge is 0.367 e. The summed E-state index contributed by atoms with van der Waals surface area (Å²) in [6.45, 7) is 5.97. The van der Waals surface area contributed by atoms with Crippen LogP contribution in [0.2, 0.25) is 0 Å². The first kappa shape index (κ1) is 13.8. The first-order valence-corrected chi connectivity index (χ1v) is 7.66. The number of piperazine rings is 1. The maximum absolute atomic E-state index is 14.2. The number of benzene rings is 1. The molecule has 0 radical (unpaired) electrons. The molecule has 0 bridgehead atoms. The average Bonchev–Trinajstić information content (AvgIpc) is 3.25. The Kier molecular flexibility index (Phi) is 4.22. The molecule has 1 aromatic carbocycles. The Labute approximate surface area is 120 Å². The maximum Gasteiger partial charge on any atom is 0.146 e. The van der Waals surface area contributed by atoms with Gasteiger partial charge < -0.3 is 10.2 Å². The highest BCUT2D eigenvalue weighted by molar-refractivity contribution is 5.49. The van der Waals surface area contributed by atoms with Gasteiger partial charge in [0, 0.05) is 39.3 Å². The van der Waals surface area contributed by atoms with E-state index in [9.17, 15) is 4.39 Å². The zero-order valence-corrected chi connectivity index (χ0v) is 12.2. The zero-order valence-electron chi connectivity index (χ0n) is 12.2. The van der Waals surface area contributed by atoms with Crippen LogP contribution in [0.5, 0.6) is 0 Å². The summed E-state index contributed by atoms with van der Waals surface area (Å²) in [5.41, 5.74) is 1.76. The van der Waals surface area contributed by atoms with Crippen molar-refractivity contribution in [1.82, 2.24) is 10.2 Å². The summed E-state index contributed by atoms with van der Waals surface area (Å²) in [6, 6.07) is 5.60. The molecule has 110 valence electrons. The molecule has 1 aliphatic carbocycles. The number of nitrogens with one attached hydrogen (secondary N) is 1. The number of hydrogen-bond acceptors (Lipinski definition) is 3. The molecule has 1 heterocycles. The van der Waals surface area contributed by atoms with Crippen LogP contribution in [-0.2, 0) is 6.54 Å². The van der Waals surface area contributed by atoms with Gasteiger partial charge in [0.1, 0.15) is 5.82 Å². The quantitative estimate of drug-likeness (QED) is 0.889. The van der Waals surface area contributed by atoms with Gasteiger partial charge >= 0.3 is 0 Å². The Morgan fingerprint density at radius 2 is 1.95 bits per heavy atom. The predicted molar refractivity (Wildman–Crippen MR) is 80.5 cm³/mol. The van der Waals surface area contributed by atoms with Gasteiger partial charge in [-0.25, -0.2) is 4.39 Å². The lowest BCUT2D eigenvalue weighted by molar-refractivity contribution is 0.247. The van der Waals surface area contributed by atoms with Crippen molar-refractivity contribution in [1.29, 1.82) is 0 Å². The highest BCUT2D eigenvalue weighted by Gasteiger charge is 2.26. The molecule has 1 N–H and O–H groups in total. The van der Waals surface area contributed by atoms with E-state index < -0.39 is 0 Å². The van der Waals surface area contributed by atoms with Crippen molar-refractivity contribution in [3.05, 3.63) is 29.6 Å². The molecule has 0 amide bonds. The topological polar surface area (TPSA) is 18.5 Å². The highest BCUT2D eigenvalue weighted by atomic mass is 19.1. The van der Waals surface area contributed by atoms with E-state index in [-0.39, 0.29) is 5.82 Å². The van der Waals surface area contributed by atoms with E-state index in [1.165, 1.54) is 19.4 Å². The van der Waals surface area contributed by atoms with Gasteiger partial charge in [0.2, 0.25) is 0 Å². The van der Waals surface area contributed by atoms with Gasteiger partial charge in [0.15, 0.2) is 0 Å². The van der Waals surface area contributed by atoms with Crippen LogP contribution in [-0.4, -0.2) is 44.7 Å². The minimum atomic E-state index is -0.0895. The fraction of sp³-hybridized carbons (Fsp3) is 0.625. The molecule has 3 rings (SSSR count). The van der Waals surface area contributed by atoms with Crippen molar-refractivity contribution in [2.45, 2.75) is 19.4 Å². The lowest BCUT2D eigenvalue weighted by Crippen LogP contribution is -2.47. The zero-order chi connectivity index (χ0) is 13.9. The van der Waals surface area contributed by atoms with Crippen LogP contribution < -0.4 is 10.2 Å². The summed E-state index contributed by atoms with van der Waals surface area (Å²) in [7, 11) is 1.88. The summed E-state index contributed by atoms with van der Waals surface area (Å²) >= 11 is 0. The van der Waals surface area contributed by atoms with E-state index in [1.54, 1.807) is 6.07 Å². The highest BCUT2D eigenvalue weighted by Crippen LogP contribution is 2.30. The van der Waals surface area contributed by atoms with Crippen LogP contribution in [0.15, 0.2) is 18.2 Å². The Morgan fingerprint density at radius 1 is 1.20 bits per heavy atom. The maximum atomic E-state index is 14.2. The SMILES string of the molecule is CNCc1ccc(N2CCN(CC3CC3)CC2)c(F)c1. The van der Waals surface area contributed by atoms with Crippen molar-refractivity contribution in [3.8, 4) is 0 Å². The van der Waals surface area contributed by atoms with E-state index >= 15 is 0 Å². The van der Waals surface area contributed by atoms with Crippen LogP contribution in [0.25, 0.3) is 0 Å². The molecule has 3 nitrogen and oxygen atoms in total. The van der Waals surface area contributed by atoms with Crippen LogP contribution in [0.3, 0.4) is 0 Å². The van der Waals surface area contributed by atoms with E-state index in [1.807, 2.05) is 19.2 Å². The van der Waals surface area contributed by atoms with Gasteiger partial charge in [-0.1, -0.05) is 6.07 Å². The van der Waals surface area contributed by atoms with Crippen molar-refractivity contribution in [2.75, 3.05) is 44.7 Å². The van der Waals surface area contributed by atoms with Crippen molar-refractivity contribution >= 4 is 5.69 Å². The second-order valence-electron chi connectivity index (χ2n) is 6.05. The normalized spacial score (nSPS) is 20.4. The van der Waals surface area contributed by atoms with Gasteiger partial charge in [-0.15, -0.1) is 0 Å². The first-order valence-electron chi connectivity index (χ1n) is 7.66. The molecule has 1 aromatic rings. The summed E-state index contributed by atoms with van der Waals surface area (Å²) < 4.78 is 14.2. The Hall–Kier alpha value is -1.13. The fourth-order valence-corrected chi connectivity index (χ4v) is 2.96. The van der Waals surface area contributed by atoms with Crippen LogP contribution in [0.1, 0.15) is 18.4 Å². The van der Waals surface area contributed by atoms with Gasteiger partial charge in [0.05, 0.1) is 5.69 Å². The van der Waals surface area contributed by atoms with E-state index in [0.717, 1.165) is 43.3 Å². The predicted octanol–water partition coefficient (Wildman–Crippen LogP) is 2.08. The Morgan fingerprint density at radius 3 is 2.55 bits per heavy atom. The second kappa shape index (κ2) is 6.10. The molecular formula is C16H24FN3. The van der Waals surface area contributed by atoms with E-state index in [0.29, 0.717) is 6.54 Å². The van der Waals surface area contributed by atoms with Gasteiger partial charge in [-0.05, 0) is 43.5 Å². The minimum Gasteiger partial charge on any atom is -0.367 e. The van der Waals surface area contributed by atoms with Crippen LogP contribution in [0.4, 0.5) is 10.1 Å². The summed E-state index contributed by atoms with van der Waals surface area (Å²) in [4.78, 5) is 4.71. The number of nitrogens with zero attached hydrogens (tertiary/aromatic N) is 2. The van der Waals surface area contributed by atoms with Gasteiger partial charge in [-0.3, -0.25) is 4.90 Å². The molecule has 0 spiro atoms. The Balaban J connectivity index is 1.59. The number of rotatable bonds is 5. The van der Waals surface area contributed by atoms with Gasteiger partial charge in [0.25, 0.3) is 0 Å².